The van der Waals surface area contributed by atoms with Gasteiger partial charge in [-0.15, -0.1) is 11.8 Å². The quantitative estimate of drug-likeness (QED) is 0.639. The second-order valence-electron chi connectivity index (χ2n) is 5.98. The first kappa shape index (κ1) is 21.5. The molecule has 1 amide bonds. The summed E-state index contributed by atoms with van der Waals surface area (Å²) in [7, 11) is -3.45. The predicted octanol–water partition coefficient (Wildman–Crippen LogP) is 4.01. The molecule has 0 aromatic heterocycles. The number of para-hydroxylation sites is 1. The molecule has 146 valence electrons. The van der Waals surface area contributed by atoms with E-state index < -0.39 is 10.0 Å². The number of benzene rings is 2. The zero-order valence-electron chi connectivity index (χ0n) is 15.9. The number of carbonyl (C=O) groups is 1. The summed E-state index contributed by atoms with van der Waals surface area (Å²) in [6.45, 7) is 4.53. The van der Waals surface area contributed by atoms with Crippen molar-refractivity contribution < 1.29 is 13.2 Å². The standard InChI is InChI=1S/C20H26N2O3S2/c1-4-22(5-2)27(24,25)17-13-10-16(11-14-17)12-15-20(23)21-18-8-6-7-9-19(18)26-3/h6-11,13-14H,4-5,12,15H2,1-3H3,(H,21,23). The van der Waals surface area contributed by atoms with E-state index >= 15 is 0 Å². The highest BCUT2D eigenvalue weighted by atomic mass is 32.2. The molecule has 0 unspecified atom stereocenters. The van der Waals surface area contributed by atoms with Crippen LogP contribution in [0, 0.1) is 0 Å². The van der Waals surface area contributed by atoms with E-state index in [0.29, 0.717) is 25.9 Å². The SMILES string of the molecule is CCN(CC)S(=O)(=O)c1ccc(CCC(=O)Nc2ccccc2SC)cc1. The Morgan fingerprint density at radius 3 is 2.26 bits per heavy atom. The van der Waals surface area contributed by atoms with Crippen LogP contribution in [-0.2, 0) is 21.2 Å². The number of amides is 1. The Bertz CT molecular complexity index is 861. The molecule has 0 aliphatic heterocycles. The number of sulfonamides is 1. The average Bonchev–Trinajstić information content (AvgIpc) is 2.68. The number of nitrogens with zero attached hydrogens (tertiary/aromatic N) is 1. The molecule has 0 bridgehead atoms. The third kappa shape index (κ3) is 5.57. The first-order chi connectivity index (χ1) is 12.9. The minimum Gasteiger partial charge on any atom is -0.325 e. The number of carbonyl (C=O) groups excluding carboxylic acids is 1. The van der Waals surface area contributed by atoms with Crippen LogP contribution in [0.1, 0.15) is 25.8 Å². The van der Waals surface area contributed by atoms with Crippen molar-refractivity contribution >= 4 is 33.4 Å². The molecule has 0 aliphatic rings. The molecule has 0 saturated carbocycles. The summed E-state index contributed by atoms with van der Waals surface area (Å²) in [4.78, 5) is 13.5. The van der Waals surface area contributed by atoms with Gasteiger partial charge in [0.15, 0.2) is 0 Å². The zero-order valence-corrected chi connectivity index (χ0v) is 17.6. The highest BCUT2D eigenvalue weighted by Crippen LogP contribution is 2.24. The van der Waals surface area contributed by atoms with E-state index in [1.807, 2.05) is 44.4 Å². The number of aryl methyl sites for hydroxylation is 1. The first-order valence-electron chi connectivity index (χ1n) is 8.94. The fraction of sp³-hybridized carbons (Fsp3) is 0.350. The van der Waals surface area contributed by atoms with Gasteiger partial charge in [-0.3, -0.25) is 4.79 Å². The van der Waals surface area contributed by atoms with Gasteiger partial charge in [-0.2, -0.15) is 4.31 Å². The van der Waals surface area contributed by atoms with Crippen molar-refractivity contribution in [3.63, 3.8) is 0 Å². The number of anilines is 1. The van der Waals surface area contributed by atoms with Crippen LogP contribution >= 0.6 is 11.8 Å². The summed E-state index contributed by atoms with van der Waals surface area (Å²) in [5, 5.41) is 2.94. The van der Waals surface area contributed by atoms with Crippen LogP contribution in [0.2, 0.25) is 0 Å². The Balaban J connectivity index is 1.98. The fourth-order valence-electron chi connectivity index (χ4n) is 2.76. The lowest BCUT2D eigenvalue weighted by atomic mass is 10.1. The molecule has 27 heavy (non-hydrogen) atoms. The van der Waals surface area contributed by atoms with Crippen molar-refractivity contribution in [1.29, 1.82) is 0 Å². The van der Waals surface area contributed by atoms with Crippen LogP contribution in [0.25, 0.3) is 0 Å². The van der Waals surface area contributed by atoms with Gasteiger partial charge >= 0.3 is 0 Å². The Morgan fingerprint density at radius 2 is 1.67 bits per heavy atom. The summed E-state index contributed by atoms with van der Waals surface area (Å²) in [6, 6.07) is 14.5. The van der Waals surface area contributed by atoms with Crippen molar-refractivity contribution in [2.75, 3.05) is 24.7 Å². The van der Waals surface area contributed by atoms with Gasteiger partial charge in [-0.25, -0.2) is 8.42 Å². The van der Waals surface area contributed by atoms with Crippen LogP contribution in [0.4, 0.5) is 5.69 Å². The topological polar surface area (TPSA) is 66.5 Å². The lowest BCUT2D eigenvalue weighted by Gasteiger charge is -2.18. The van der Waals surface area contributed by atoms with Crippen LogP contribution in [0.3, 0.4) is 0 Å². The number of hydrogen-bond donors (Lipinski definition) is 1. The largest absolute Gasteiger partial charge is 0.325 e. The van der Waals surface area contributed by atoms with E-state index in [-0.39, 0.29) is 10.8 Å². The summed E-state index contributed by atoms with van der Waals surface area (Å²) < 4.78 is 26.4. The number of hydrogen-bond acceptors (Lipinski definition) is 4. The van der Waals surface area contributed by atoms with Gasteiger partial charge in [0.25, 0.3) is 0 Å². The Morgan fingerprint density at radius 1 is 1.04 bits per heavy atom. The Hall–Kier alpha value is -1.83. The van der Waals surface area contributed by atoms with Crippen LogP contribution in [0.5, 0.6) is 0 Å². The molecule has 1 N–H and O–H groups in total. The van der Waals surface area contributed by atoms with E-state index in [1.54, 1.807) is 36.0 Å². The molecule has 7 heteroatoms. The predicted molar refractivity (Wildman–Crippen MR) is 112 cm³/mol. The van der Waals surface area contributed by atoms with Crippen LogP contribution in [-0.4, -0.2) is 38.0 Å². The van der Waals surface area contributed by atoms with E-state index in [0.717, 1.165) is 16.1 Å². The molecule has 5 nitrogen and oxygen atoms in total. The van der Waals surface area contributed by atoms with Gasteiger partial charge in [0.2, 0.25) is 15.9 Å². The highest BCUT2D eigenvalue weighted by molar-refractivity contribution is 7.98. The van der Waals surface area contributed by atoms with Crippen molar-refractivity contribution in [1.82, 2.24) is 4.31 Å². The molecular formula is C20H26N2O3S2. The van der Waals surface area contributed by atoms with E-state index in [2.05, 4.69) is 5.32 Å². The Labute approximate surface area is 166 Å². The normalized spacial score (nSPS) is 11.6. The smallest absolute Gasteiger partial charge is 0.243 e. The van der Waals surface area contributed by atoms with Gasteiger partial charge in [0, 0.05) is 24.4 Å². The van der Waals surface area contributed by atoms with Crippen LogP contribution in [0.15, 0.2) is 58.3 Å². The second-order valence-corrected chi connectivity index (χ2v) is 8.77. The van der Waals surface area contributed by atoms with Crippen molar-refractivity contribution in [3.05, 3.63) is 54.1 Å². The summed E-state index contributed by atoms with van der Waals surface area (Å²) >= 11 is 1.59. The minimum absolute atomic E-state index is 0.0589. The first-order valence-corrected chi connectivity index (χ1v) is 11.6. The maximum absolute atomic E-state index is 12.5. The molecule has 2 aromatic carbocycles. The summed E-state index contributed by atoms with van der Waals surface area (Å²) in [5.41, 5.74) is 1.75. The van der Waals surface area contributed by atoms with Gasteiger partial charge in [-0.1, -0.05) is 38.1 Å². The lowest BCUT2D eigenvalue weighted by molar-refractivity contribution is -0.116. The maximum Gasteiger partial charge on any atom is 0.243 e. The lowest BCUT2D eigenvalue weighted by Crippen LogP contribution is -2.30. The molecule has 0 heterocycles. The fourth-order valence-corrected chi connectivity index (χ4v) is 4.77. The molecule has 0 aliphatic carbocycles. The van der Waals surface area contributed by atoms with Crippen molar-refractivity contribution in [3.8, 4) is 0 Å². The van der Waals surface area contributed by atoms with Crippen LogP contribution < -0.4 is 5.32 Å². The number of nitrogens with one attached hydrogen (secondary N) is 1. The van der Waals surface area contributed by atoms with Gasteiger partial charge < -0.3 is 5.32 Å². The zero-order chi connectivity index (χ0) is 19.9. The monoisotopic (exact) mass is 406 g/mol. The highest BCUT2D eigenvalue weighted by Gasteiger charge is 2.21. The van der Waals surface area contributed by atoms with E-state index in [4.69, 9.17) is 0 Å². The molecule has 2 rings (SSSR count). The average molecular weight is 407 g/mol. The molecule has 0 atom stereocenters. The summed E-state index contributed by atoms with van der Waals surface area (Å²) in [5.74, 6) is -0.0589. The number of rotatable bonds is 9. The van der Waals surface area contributed by atoms with Crippen molar-refractivity contribution in [2.45, 2.75) is 36.5 Å². The number of thioether (sulfide) groups is 1. The molecule has 0 spiro atoms. The molecule has 0 fully saturated rings. The summed E-state index contributed by atoms with van der Waals surface area (Å²) in [6.07, 6.45) is 2.86. The van der Waals surface area contributed by atoms with Gasteiger partial charge in [-0.05, 0) is 42.5 Å². The second kappa shape index (κ2) is 9.92. The minimum atomic E-state index is -3.45. The van der Waals surface area contributed by atoms with E-state index in [9.17, 15) is 13.2 Å². The maximum atomic E-state index is 12.5. The van der Waals surface area contributed by atoms with Gasteiger partial charge in [0.1, 0.15) is 0 Å². The third-order valence-electron chi connectivity index (χ3n) is 4.29. The Kier molecular flexibility index (Phi) is 7.89. The molecular weight excluding hydrogens is 380 g/mol. The molecule has 0 radical (unpaired) electrons. The molecule has 2 aromatic rings. The third-order valence-corrected chi connectivity index (χ3v) is 7.15. The molecule has 0 saturated heterocycles. The van der Waals surface area contributed by atoms with E-state index in [1.165, 1.54) is 4.31 Å². The van der Waals surface area contributed by atoms with Crippen molar-refractivity contribution in [2.24, 2.45) is 0 Å². The van der Waals surface area contributed by atoms with Gasteiger partial charge in [0.05, 0.1) is 10.6 Å².